The summed E-state index contributed by atoms with van der Waals surface area (Å²) >= 11 is 0. The highest BCUT2D eigenvalue weighted by molar-refractivity contribution is 7.90. The quantitative estimate of drug-likeness (QED) is 0.753. The van der Waals surface area contributed by atoms with Gasteiger partial charge in [0.05, 0.1) is 5.75 Å². The fourth-order valence-electron chi connectivity index (χ4n) is 1.83. The minimum Gasteiger partial charge on any atom is -0.444 e. The van der Waals surface area contributed by atoms with Crippen molar-refractivity contribution in [2.45, 2.75) is 39.3 Å². The lowest BCUT2D eigenvalue weighted by molar-refractivity contribution is -0.0202. The van der Waals surface area contributed by atoms with Crippen molar-refractivity contribution in [3.05, 3.63) is 0 Å². The summed E-state index contributed by atoms with van der Waals surface area (Å²) in [5.74, 6) is 0.158. The molecule has 0 spiro atoms. The molecule has 6 heteroatoms. The minimum atomic E-state index is -2.98. The number of carbonyl (C=O) groups excluding carboxylic acids is 1. The van der Waals surface area contributed by atoms with Gasteiger partial charge in [0, 0.05) is 24.8 Å². The minimum absolute atomic E-state index is 0.0255. The first-order chi connectivity index (χ1) is 7.49. The zero-order valence-electron chi connectivity index (χ0n) is 11.1. The van der Waals surface area contributed by atoms with E-state index in [1.807, 2.05) is 27.7 Å². The molecule has 1 amide bonds. The van der Waals surface area contributed by atoms with Crippen LogP contribution in [-0.4, -0.2) is 49.6 Å². The second kappa shape index (κ2) is 4.48. The molecule has 1 aliphatic rings. The lowest BCUT2D eigenvalue weighted by Crippen LogP contribution is -2.59. The fraction of sp³-hybridized carbons (Fsp3) is 0.909. The summed E-state index contributed by atoms with van der Waals surface area (Å²) in [5.41, 5.74) is -0.515. The van der Waals surface area contributed by atoms with Crippen molar-refractivity contribution in [2.75, 3.05) is 18.6 Å². The Morgan fingerprint density at radius 1 is 1.41 bits per heavy atom. The summed E-state index contributed by atoms with van der Waals surface area (Å²) in [6.07, 6.45) is 0.852. The molecule has 5 nitrogen and oxygen atoms in total. The third-order valence-electron chi connectivity index (χ3n) is 2.75. The van der Waals surface area contributed by atoms with Crippen molar-refractivity contribution in [3.63, 3.8) is 0 Å². The molecule has 2 atom stereocenters. The average molecular weight is 263 g/mol. The van der Waals surface area contributed by atoms with Crippen molar-refractivity contribution in [1.82, 2.24) is 4.90 Å². The summed E-state index contributed by atoms with van der Waals surface area (Å²) in [6.45, 7) is 7.74. The van der Waals surface area contributed by atoms with E-state index in [1.54, 1.807) is 4.90 Å². The number of sulfone groups is 1. The number of carbonyl (C=O) groups is 1. The molecule has 0 radical (unpaired) electrons. The highest BCUT2D eigenvalue weighted by Crippen LogP contribution is 2.27. The van der Waals surface area contributed by atoms with Crippen LogP contribution in [0.5, 0.6) is 0 Å². The van der Waals surface area contributed by atoms with Gasteiger partial charge in [0.1, 0.15) is 15.4 Å². The van der Waals surface area contributed by atoms with Gasteiger partial charge < -0.3 is 9.64 Å². The first-order valence-corrected chi connectivity index (χ1v) is 7.73. The number of rotatable bonds is 2. The van der Waals surface area contributed by atoms with Gasteiger partial charge in [-0.3, -0.25) is 0 Å². The van der Waals surface area contributed by atoms with E-state index < -0.39 is 15.4 Å². The van der Waals surface area contributed by atoms with Gasteiger partial charge >= 0.3 is 6.09 Å². The topological polar surface area (TPSA) is 63.7 Å². The van der Waals surface area contributed by atoms with E-state index >= 15 is 0 Å². The molecule has 1 rings (SSSR count). The third-order valence-corrected chi connectivity index (χ3v) is 3.78. The maximum atomic E-state index is 11.7. The van der Waals surface area contributed by atoms with Crippen molar-refractivity contribution < 1.29 is 17.9 Å². The van der Waals surface area contributed by atoms with Gasteiger partial charge in [0.15, 0.2) is 0 Å². The van der Waals surface area contributed by atoms with E-state index in [2.05, 4.69) is 0 Å². The Kier molecular flexibility index (Phi) is 3.76. The van der Waals surface area contributed by atoms with Gasteiger partial charge in [-0.2, -0.15) is 0 Å². The lowest BCUT2D eigenvalue weighted by atomic mass is 9.92. The van der Waals surface area contributed by atoms with Gasteiger partial charge in [0.25, 0.3) is 0 Å². The van der Waals surface area contributed by atoms with E-state index in [0.717, 1.165) is 0 Å². The van der Waals surface area contributed by atoms with E-state index in [1.165, 1.54) is 6.26 Å². The maximum Gasteiger partial charge on any atom is 0.410 e. The first kappa shape index (κ1) is 14.3. The predicted octanol–water partition coefficient (Wildman–Crippen LogP) is 1.29. The number of hydrogen-bond donors (Lipinski definition) is 0. The normalized spacial score (nSPS) is 25.4. The Morgan fingerprint density at radius 2 is 1.94 bits per heavy atom. The molecule has 1 fully saturated rings. The van der Waals surface area contributed by atoms with Gasteiger partial charge in [-0.25, -0.2) is 13.2 Å². The zero-order valence-corrected chi connectivity index (χ0v) is 11.9. The number of ether oxygens (including phenoxy) is 1. The standard InChI is InChI=1S/C11H21NO4S/c1-8-9(7-17(5,14)15)6-12(8)10(13)16-11(2,3)4/h8-9H,6-7H2,1-5H3/t8-,9-/m1/s1. The molecule has 0 aromatic heterocycles. The molecule has 1 saturated heterocycles. The molecular formula is C11H21NO4S. The van der Waals surface area contributed by atoms with E-state index in [9.17, 15) is 13.2 Å². The number of amides is 1. The second-order valence-electron chi connectivity index (χ2n) is 5.73. The van der Waals surface area contributed by atoms with Crippen LogP contribution in [0.4, 0.5) is 4.79 Å². The molecule has 0 aromatic carbocycles. The SMILES string of the molecule is C[C@@H]1[C@@H](CS(C)(=O)=O)CN1C(=O)OC(C)(C)C. The highest BCUT2D eigenvalue weighted by Gasteiger charge is 2.41. The Labute approximate surface area is 103 Å². The Balaban J connectivity index is 2.50. The van der Waals surface area contributed by atoms with Crippen LogP contribution in [0.1, 0.15) is 27.7 Å². The third kappa shape index (κ3) is 4.18. The summed E-state index contributed by atoms with van der Waals surface area (Å²) in [6, 6.07) is -0.0698. The molecule has 0 bridgehead atoms. The Hall–Kier alpha value is -0.780. The van der Waals surface area contributed by atoms with Crippen molar-refractivity contribution >= 4 is 15.9 Å². The van der Waals surface area contributed by atoms with Crippen LogP contribution in [0, 0.1) is 5.92 Å². The van der Waals surface area contributed by atoms with Crippen LogP contribution in [0.15, 0.2) is 0 Å². The first-order valence-electron chi connectivity index (χ1n) is 5.67. The highest BCUT2D eigenvalue weighted by atomic mass is 32.2. The smallest absolute Gasteiger partial charge is 0.410 e. The molecule has 0 aromatic rings. The van der Waals surface area contributed by atoms with Crippen molar-refractivity contribution in [1.29, 1.82) is 0 Å². The molecule has 0 unspecified atom stereocenters. The summed E-state index contributed by atoms with van der Waals surface area (Å²) < 4.78 is 27.5. The largest absolute Gasteiger partial charge is 0.444 e. The van der Waals surface area contributed by atoms with E-state index in [0.29, 0.717) is 6.54 Å². The van der Waals surface area contributed by atoms with Gasteiger partial charge in [-0.1, -0.05) is 0 Å². The summed E-state index contributed by atoms with van der Waals surface area (Å²) in [7, 11) is -2.98. The lowest BCUT2D eigenvalue weighted by Gasteiger charge is -2.46. The van der Waals surface area contributed by atoms with Gasteiger partial charge in [-0.05, 0) is 27.7 Å². The van der Waals surface area contributed by atoms with Crippen LogP contribution in [0.3, 0.4) is 0 Å². The maximum absolute atomic E-state index is 11.7. The molecule has 0 aliphatic carbocycles. The van der Waals surface area contributed by atoms with Crippen LogP contribution in [0.2, 0.25) is 0 Å². The van der Waals surface area contributed by atoms with Crippen LogP contribution in [-0.2, 0) is 14.6 Å². The zero-order chi connectivity index (χ0) is 13.4. The Bertz CT molecular complexity index is 396. The molecular weight excluding hydrogens is 242 g/mol. The number of hydrogen-bond acceptors (Lipinski definition) is 4. The molecule has 17 heavy (non-hydrogen) atoms. The van der Waals surface area contributed by atoms with Crippen molar-refractivity contribution in [2.24, 2.45) is 5.92 Å². The fourth-order valence-corrected chi connectivity index (χ4v) is 2.99. The van der Waals surface area contributed by atoms with Gasteiger partial charge in [0.2, 0.25) is 0 Å². The monoisotopic (exact) mass is 263 g/mol. The number of nitrogens with zero attached hydrogens (tertiary/aromatic N) is 1. The molecule has 1 aliphatic heterocycles. The summed E-state index contributed by atoms with van der Waals surface area (Å²) in [4.78, 5) is 13.3. The molecule has 0 saturated carbocycles. The molecule has 1 heterocycles. The van der Waals surface area contributed by atoms with Gasteiger partial charge in [-0.15, -0.1) is 0 Å². The van der Waals surface area contributed by atoms with Crippen LogP contribution in [0.25, 0.3) is 0 Å². The second-order valence-corrected chi connectivity index (χ2v) is 7.91. The predicted molar refractivity (Wildman–Crippen MR) is 65.6 cm³/mol. The van der Waals surface area contributed by atoms with E-state index in [-0.39, 0.29) is 23.8 Å². The van der Waals surface area contributed by atoms with E-state index in [4.69, 9.17) is 4.74 Å². The molecule has 100 valence electrons. The number of likely N-dealkylation sites (tertiary alicyclic amines) is 1. The van der Waals surface area contributed by atoms with Crippen LogP contribution >= 0.6 is 0 Å². The van der Waals surface area contributed by atoms with Crippen molar-refractivity contribution in [3.8, 4) is 0 Å². The molecule has 0 N–H and O–H groups in total. The average Bonchev–Trinajstić information content (AvgIpc) is 2.06. The van der Waals surface area contributed by atoms with Crippen LogP contribution < -0.4 is 0 Å². The summed E-state index contributed by atoms with van der Waals surface area (Å²) in [5, 5.41) is 0. The Morgan fingerprint density at radius 3 is 2.29 bits per heavy atom.